The highest BCUT2D eigenvalue weighted by Crippen LogP contribution is 2.44. The summed E-state index contributed by atoms with van der Waals surface area (Å²) in [5.41, 5.74) is 3.15. The van der Waals surface area contributed by atoms with Gasteiger partial charge < -0.3 is 19.8 Å². The number of aromatic amines is 1. The number of methoxy groups -OCH3 is 1. The molecule has 0 radical (unpaired) electrons. The zero-order chi connectivity index (χ0) is 25.0. The van der Waals surface area contributed by atoms with E-state index in [4.69, 9.17) is 9.47 Å². The first-order valence-electron chi connectivity index (χ1n) is 11.7. The van der Waals surface area contributed by atoms with Crippen molar-refractivity contribution in [1.29, 1.82) is 0 Å². The zero-order valence-corrected chi connectivity index (χ0v) is 19.8. The van der Waals surface area contributed by atoms with E-state index < -0.39 is 18.8 Å². The molecule has 0 bridgehead atoms. The van der Waals surface area contributed by atoms with Crippen molar-refractivity contribution in [3.63, 3.8) is 0 Å². The second-order valence-corrected chi connectivity index (χ2v) is 8.71. The van der Waals surface area contributed by atoms with Gasteiger partial charge in [-0.25, -0.2) is 4.98 Å². The zero-order valence-electron chi connectivity index (χ0n) is 19.8. The molecule has 0 spiro atoms. The highest BCUT2D eigenvalue weighted by molar-refractivity contribution is 5.85. The molecule has 0 aliphatic carbocycles. The molecule has 190 valence electrons. The molecule has 0 fully saturated rings. The number of aromatic nitrogens is 2. The van der Waals surface area contributed by atoms with Crippen LogP contribution in [0.2, 0.25) is 0 Å². The lowest BCUT2D eigenvalue weighted by Crippen LogP contribution is -2.47. The van der Waals surface area contributed by atoms with Gasteiger partial charge in [0.1, 0.15) is 12.4 Å². The Hall–Kier alpha value is -2.85. The third-order valence-corrected chi connectivity index (χ3v) is 6.28. The van der Waals surface area contributed by atoms with E-state index in [1.807, 2.05) is 31.2 Å². The van der Waals surface area contributed by atoms with Crippen molar-refractivity contribution in [2.24, 2.45) is 0 Å². The number of hydrogen-bond donors (Lipinski definition) is 2. The molecule has 4 rings (SSSR count). The van der Waals surface area contributed by atoms with Gasteiger partial charge >= 0.3 is 6.18 Å². The molecule has 35 heavy (non-hydrogen) atoms. The molecule has 2 aromatic heterocycles. The van der Waals surface area contributed by atoms with E-state index in [2.05, 4.69) is 15.3 Å². The summed E-state index contributed by atoms with van der Waals surface area (Å²) >= 11 is 0. The van der Waals surface area contributed by atoms with Crippen LogP contribution >= 0.6 is 0 Å². The number of halogens is 4. The van der Waals surface area contributed by atoms with Crippen molar-refractivity contribution < 1.29 is 27.0 Å². The summed E-state index contributed by atoms with van der Waals surface area (Å²) in [7, 11) is 1.48. The third-order valence-electron chi connectivity index (χ3n) is 6.28. The lowest BCUT2D eigenvalue weighted by Gasteiger charge is -2.41. The fourth-order valence-corrected chi connectivity index (χ4v) is 4.73. The number of H-pyrrole nitrogens is 1. The smallest absolute Gasteiger partial charge is 0.401 e. The topological polar surface area (TPSA) is 62.4 Å². The summed E-state index contributed by atoms with van der Waals surface area (Å²) in [6.07, 6.45) is -1.90. The van der Waals surface area contributed by atoms with E-state index >= 15 is 0 Å². The Labute approximate surface area is 201 Å². The van der Waals surface area contributed by atoms with Crippen molar-refractivity contribution in [2.75, 3.05) is 40.0 Å². The lowest BCUT2D eigenvalue weighted by molar-refractivity contribution is -0.155. The molecule has 0 unspecified atom stereocenters. The first-order chi connectivity index (χ1) is 16.8. The Morgan fingerprint density at radius 3 is 2.77 bits per heavy atom. The summed E-state index contributed by atoms with van der Waals surface area (Å²) in [6.45, 7) is 1.77. The highest BCUT2D eigenvalue weighted by atomic mass is 19.4. The molecular formula is C25H30F4N4O2. The van der Waals surface area contributed by atoms with E-state index in [9.17, 15) is 17.6 Å². The molecule has 0 saturated heterocycles. The minimum atomic E-state index is -4.37. The van der Waals surface area contributed by atoms with Crippen LogP contribution in [-0.4, -0.2) is 67.1 Å². The van der Waals surface area contributed by atoms with Crippen LogP contribution in [0.4, 0.5) is 17.6 Å². The van der Waals surface area contributed by atoms with E-state index in [0.29, 0.717) is 49.7 Å². The molecule has 3 heterocycles. The Morgan fingerprint density at radius 2 is 2.03 bits per heavy atom. The number of benzene rings is 1. The largest absolute Gasteiger partial charge is 0.496 e. The maximum atomic E-state index is 13.6. The number of fused-ring (bicyclic) bond motifs is 3. The molecule has 10 heteroatoms. The highest BCUT2D eigenvalue weighted by Gasteiger charge is 2.43. The van der Waals surface area contributed by atoms with E-state index in [1.54, 1.807) is 6.07 Å². The van der Waals surface area contributed by atoms with Gasteiger partial charge in [0.15, 0.2) is 0 Å². The standard InChI is InChI=1S/C25H30F4N4O2/c1-16-12-18-17-6-3-4-7-20(17)32-23(18)24(33(16)15-25(27,28)29)19-14-31-22(13-21(19)34-2)35-11-10-30-9-5-8-26/h3-4,6-7,13-14,16,24,30,32H,5,8-12,15H2,1-2H3/t16-,24-/m1/s1. The predicted octanol–water partition coefficient (Wildman–Crippen LogP) is 4.80. The predicted molar refractivity (Wildman–Crippen MR) is 126 cm³/mol. The molecule has 0 saturated carbocycles. The van der Waals surface area contributed by atoms with Gasteiger partial charge in [0.2, 0.25) is 5.88 Å². The molecule has 1 aliphatic rings. The van der Waals surface area contributed by atoms with Crippen molar-refractivity contribution in [1.82, 2.24) is 20.2 Å². The molecule has 2 atom stereocenters. The number of hydrogen-bond acceptors (Lipinski definition) is 5. The van der Waals surface area contributed by atoms with Gasteiger partial charge in [0, 0.05) is 47.0 Å². The summed E-state index contributed by atoms with van der Waals surface area (Å²) < 4.78 is 64.3. The van der Waals surface area contributed by atoms with Crippen molar-refractivity contribution in [3.8, 4) is 11.6 Å². The van der Waals surface area contributed by atoms with E-state index in [1.165, 1.54) is 18.2 Å². The molecule has 1 aliphatic heterocycles. The quantitative estimate of drug-likeness (QED) is 0.313. The van der Waals surface area contributed by atoms with Crippen LogP contribution in [0.25, 0.3) is 10.9 Å². The number of rotatable bonds is 10. The van der Waals surface area contributed by atoms with Crippen LogP contribution < -0.4 is 14.8 Å². The first-order valence-corrected chi connectivity index (χ1v) is 11.7. The monoisotopic (exact) mass is 494 g/mol. The minimum absolute atomic E-state index is 0.306. The SMILES string of the molecule is COc1cc(OCCNCCCF)ncc1[C@@H]1c2[nH]c3ccccc3c2C[C@@H](C)N1CC(F)(F)F. The molecule has 3 aromatic rings. The lowest BCUT2D eigenvalue weighted by atomic mass is 9.89. The summed E-state index contributed by atoms with van der Waals surface area (Å²) in [5.74, 6) is 0.706. The van der Waals surface area contributed by atoms with Crippen LogP contribution in [0.5, 0.6) is 11.6 Å². The number of nitrogens with zero attached hydrogens (tertiary/aromatic N) is 2. The Balaban J connectivity index is 1.68. The van der Waals surface area contributed by atoms with Gasteiger partial charge in [0.05, 0.1) is 26.4 Å². The normalized spacial score (nSPS) is 18.6. The summed E-state index contributed by atoms with van der Waals surface area (Å²) in [4.78, 5) is 9.19. The maximum absolute atomic E-state index is 13.6. The van der Waals surface area contributed by atoms with Crippen molar-refractivity contribution >= 4 is 10.9 Å². The average molecular weight is 495 g/mol. The number of pyridine rings is 1. The van der Waals surface area contributed by atoms with Crippen LogP contribution in [0.1, 0.15) is 36.2 Å². The fraction of sp³-hybridized carbons (Fsp3) is 0.480. The van der Waals surface area contributed by atoms with E-state index in [-0.39, 0.29) is 12.7 Å². The molecule has 6 nitrogen and oxygen atoms in total. The second-order valence-electron chi connectivity index (χ2n) is 8.71. The number of para-hydroxylation sites is 1. The maximum Gasteiger partial charge on any atom is 0.401 e. The molecular weight excluding hydrogens is 464 g/mol. The summed E-state index contributed by atoms with van der Waals surface area (Å²) in [6, 6.07) is 8.27. The number of ether oxygens (including phenoxy) is 2. The average Bonchev–Trinajstić information content (AvgIpc) is 3.19. The van der Waals surface area contributed by atoms with Crippen LogP contribution in [0.15, 0.2) is 36.5 Å². The van der Waals surface area contributed by atoms with Crippen molar-refractivity contribution in [2.45, 2.75) is 38.0 Å². The van der Waals surface area contributed by atoms with Crippen LogP contribution in [0.3, 0.4) is 0 Å². The van der Waals surface area contributed by atoms with Gasteiger partial charge in [-0.2, -0.15) is 13.2 Å². The fourth-order valence-electron chi connectivity index (χ4n) is 4.73. The van der Waals surface area contributed by atoms with Gasteiger partial charge in [-0.05, 0) is 37.9 Å². The van der Waals surface area contributed by atoms with Gasteiger partial charge in [0.25, 0.3) is 0 Å². The summed E-state index contributed by atoms with van der Waals surface area (Å²) in [5, 5.41) is 4.08. The molecule has 2 N–H and O–H groups in total. The van der Waals surface area contributed by atoms with Gasteiger partial charge in [-0.1, -0.05) is 18.2 Å². The van der Waals surface area contributed by atoms with Crippen molar-refractivity contribution in [3.05, 3.63) is 53.3 Å². The number of nitrogens with one attached hydrogen (secondary N) is 2. The van der Waals surface area contributed by atoms with Crippen LogP contribution in [0, 0.1) is 0 Å². The number of alkyl halides is 4. The van der Waals surface area contributed by atoms with Gasteiger partial charge in [-0.15, -0.1) is 0 Å². The Morgan fingerprint density at radius 1 is 1.23 bits per heavy atom. The first kappa shape index (κ1) is 25.2. The minimum Gasteiger partial charge on any atom is -0.496 e. The van der Waals surface area contributed by atoms with E-state index in [0.717, 1.165) is 22.2 Å². The second kappa shape index (κ2) is 10.8. The van der Waals surface area contributed by atoms with Gasteiger partial charge in [-0.3, -0.25) is 9.29 Å². The Kier molecular flexibility index (Phi) is 7.81. The molecule has 1 aromatic carbocycles. The molecule has 0 amide bonds. The Bertz CT molecular complexity index is 1130. The van der Waals surface area contributed by atoms with Crippen LogP contribution in [-0.2, 0) is 6.42 Å². The third kappa shape index (κ3) is 5.70.